The Kier molecular flexibility index (Phi) is 5.27. The number of nitro groups is 2. The maximum absolute atomic E-state index is 12.5. The Labute approximate surface area is 141 Å². The summed E-state index contributed by atoms with van der Waals surface area (Å²) in [4.78, 5) is 32.9. The van der Waals surface area contributed by atoms with Gasteiger partial charge in [0.25, 0.3) is 5.69 Å². The molecule has 132 valence electrons. The average molecular weight is 349 g/mol. The topological polar surface area (TPSA) is 142 Å². The molecule has 0 aliphatic carbocycles. The van der Waals surface area contributed by atoms with E-state index < -0.39 is 21.8 Å². The molecule has 0 saturated heterocycles. The predicted molar refractivity (Wildman–Crippen MR) is 86.5 cm³/mol. The van der Waals surface area contributed by atoms with Crippen molar-refractivity contribution in [1.29, 1.82) is 0 Å². The SMILES string of the molecule is CCC(C(=O)Nc1cc(OC)cc([N+](=O)[O-])c1)n1cc([N+](=O)[O-])cn1. The molecule has 1 atom stereocenters. The molecule has 1 N–H and O–H groups in total. The molecular weight excluding hydrogens is 334 g/mol. The fourth-order valence-corrected chi connectivity index (χ4v) is 2.19. The lowest BCUT2D eigenvalue weighted by Crippen LogP contribution is -2.26. The highest BCUT2D eigenvalue weighted by molar-refractivity contribution is 5.94. The van der Waals surface area contributed by atoms with E-state index in [0.29, 0.717) is 6.42 Å². The quantitative estimate of drug-likeness (QED) is 0.596. The number of nitrogens with one attached hydrogen (secondary N) is 1. The van der Waals surface area contributed by atoms with Gasteiger partial charge in [0, 0.05) is 12.1 Å². The Morgan fingerprint density at radius 2 is 1.96 bits per heavy atom. The van der Waals surface area contributed by atoms with Crippen LogP contribution >= 0.6 is 0 Å². The minimum absolute atomic E-state index is 0.177. The molecule has 0 fully saturated rings. The number of aromatic nitrogens is 2. The van der Waals surface area contributed by atoms with Gasteiger partial charge in [0.15, 0.2) is 0 Å². The Hall–Kier alpha value is -3.50. The van der Waals surface area contributed by atoms with E-state index >= 15 is 0 Å². The van der Waals surface area contributed by atoms with E-state index in [4.69, 9.17) is 4.74 Å². The van der Waals surface area contributed by atoms with Crippen LogP contribution in [0.3, 0.4) is 0 Å². The van der Waals surface area contributed by atoms with Crippen LogP contribution in [0.5, 0.6) is 5.75 Å². The zero-order chi connectivity index (χ0) is 18.6. The largest absolute Gasteiger partial charge is 0.496 e. The molecule has 2 rings (SSSR count). The van der Waals surface area contributed by atoms with E-state index in [9.17, 15) is 25.0 Å². The fraction of sp³-hybridized carbons (Fsp3) is 0.286. The first kappa shape index (κ1) is 17.8. The van der Waals surface area contributed by atoms with Crippen molar-refractivity contribution in [2.24, 2.45) is 0 Å². The van der Waals surface area contributed by atoms with Crippen molar-refractivity contribution in [1.82, 2.24) is 9.78 Å². The number of anilines is 1. The summed E-state index contributed by atoms with van der Waals surface area (Å²) >= 11 is 0. The number of hydrogen-bond acceptors (Lipinski definition) is 7. The molecule has 1 amide bonds. The molecule has 1 aromatic carbocycles. The highest BCUT2D eigenvalue weighted by atomic mass is 16.6. The fourth-order valence-electron chi connectivity index (χ4n) is 2.19. The third-order valence-corrected chi connectivity index (χ3v) is 3.41. The van der Waals surface area contributed by atoms with E-state index in [1.807, 2.05) is 0 Å². The van der Waals surface area contributed by atoms with Crippen LogP contribution in [0.15, 0.2) is 30.6 Å². The smallest absolute Gasteiger partial charge is 0.307 e. The summed E-state index contributed by atoms with van der Waals surface area (Å²) in [6.07, 6.45) is 2.52. The number of methoxy groups -OCH3 is 1. The Bertz CT molecular complexity index is 818. The molecule has 0 aliphatic heterocycles. The van der Waals surface area contributed by atoms with Crippen molar-refractivity contribution in [3.63, 3.8) is 0 Å². The summed E-state index contributed by atoms with van der Waals surface area (Å²) in [5, 5.41) is 28.1. The lowest BCUT2D eigenvalue weighted by Gasteiger charge is -2.15. The first-order chi connectivity index (χ1) is 11.8. The van der Waals surface area contributed by atoms with Crippen molar-refractivity contribution in [3.05, 3.63) is 50.8 Å². The van der Waals surface area contributed by atoms with Crippen molar-refractivity contribution >= 4 is 23.0 Å². The van der Waals surface area contributed by atoms with Gasteiger partial charge in [-0.05, 0) is 6.42 Å². The third kappa shape index (κ3) is 4.07. The van der Waals surface area contributed by atoms with Crippen LogP contribution in [0.1, 0.15) is 19.4 Å². The van der Waals surface area contributed by atoms with Crippen LogP contribution in [0.25, 0.3) is 0 Å². The molecule has 1 aromatic heterocycles. The van der Waals surface area contributed by atoms with Crippen LogP contribution in [0.4, 0.5) is 17.1 Å². The van der Waals surface area contributed by atoms with Gasteiger partial charge in [0.1, 0.15) is 24.2 Å². The number of nitro benzene ring substituents is 1. The molecule has 0 radical (unpaired) electrons. The number of rotatable bonds is 7. The van der Waals surface area contributed by atoms with Crippen LogP contribution in [0.2, 0.25) is 0 Å². The number of ether oxygens (including phenoxy) is 1. The highest BCUT2D eigenvalue weighted by Gasteiger charge is 2.23. The second-order valence-electron chi connectivity index (χ2n) is 5.03. The van der Waals surface area contributed by atoms with Gasteiger partial charge in [-0.1, -0.05) is 6.92 Å². The van der Waals surface area contributed by atoms with Crippen molar-refractivity contribution in [2.75, 3.05) is 12.4 Å². The summed E-state index contributed by atoms with van der Waals surface area (Å²) in [6, 6.07) is 3.05. The maximum Gasteiger partial charge on any atom is 0.307 e. The van der Waals surface area contributed by atoms with Gasteiger partial charge >= 0.3 is 5.69 Å². The van der Waals surface area contributed by atoms with Crippen molar-refractivity contribution in [2.45, 2.75) is 19.4 Å². The minimum Gasteiger partial charge on any atom is -0.496 e. The van der Waals surface area contributed by atoms with Gasteiger partial charge in [-0.2, -0.15) is 5.10 Å². The Morgan fingerprint density at radius 1 is 1.28 bits per heavy atom. The molecule has 0 bridgehead atoms. The van der Waals surface area contributed by atoms with Gasteiger partial charge in [-0.3, -0.25) is 29.7 Å². The molecule has 25 heavy (non-hydrogen) atoms. The van der Waals surface area contributed by atoms with Gasteiger partial charge < -0.3 is 10.1 Å². The molecule has 11 nitrogen and oxygen atoms in total. The normalized spacial score (nSPS) is 11.6. The zero-order valence-corrected chi connectivity index (χ0v) is 13.4. The first-order valence-corrected chi connectivity index (χ1v) is 7.18. The van der Waals surface area contributed by atoms with Crippen LogP contribution in [-0.2, 0) is 4.79 Å². The summed E-state index contributed by atoms with van der Waals surface area (Å²) in [6.45, 7) is 1.71. The number of hydrogen-bond donors (Lipinski definition) is 1. The molecule has 0 saturated carbocycles. The summed E-state index contributed by atoms with van der Waals surface area (Å²) in [5.74, 6) is -0.296. The molecule has 11 heteroatoms. The molecule has 2 aromatic rings. The van der Waals surface area contributed by atoms with Crippen LogP contribution in [0, 0.1) is 20.2 Å². The zero-order valence-electron chi connectivity index (χ0n) is 13.4. The highest BCUT2D eigenvalue weighted by Crippen LogP contribution is 2.27. The van der Waals surface area contributed by atoms with E-state index in [-0.39, 0.29) is 22.8 Å². The van der Waals surface area contributed by atoms with E-state index in [0.717, 1.165) is 12.4 Å². The van der Waals surface area contributed by atoms with Crippen LogP contribution < -0.4 is 10.1 Å². The molecule has 1 unspecified atom stereocenters. The number of carbonyl (C=O) groups excluding carboxylic acids is 1. The summed E-state index contributed by atoms with van der Waals surface area (Å²) in [7, 11) is 1.35. The number of amides is 1. The third-order valence-electron chi connectivity index (χ3n) is 3.41. The number of carbonyl (C=O) groups is 1. The first-order valence-electron chi connectivity index (χ1n) is 7.18. The Balaban J connectivity index is 2.25. The monoisotopic (exact) mass is 349 g/mol. The average Bonchev–Trinajstić information content (AvgIpc) is 3.05. The molecule has 0 aliphatic rings. The predicted octanol–water partition coefficient (Wildman–Crippen LogP) is 2.30. The summed E-state index contributed by atoms with van der Waals surface area (Å²) < 4.78 is 6.16. The standard InChI is InChI=1S/C14H15N5O6/c1-3-13(17-8-11(7-15-17)19(23)24)14(20)16-9-4-10(18(21)22)6-12(5-9)25-2/h4-8,13H,3H2,1-2H3,(H,16,20). The molecular formula is C14H15N5O6. The van der Waals surface area contributed by atoms with Gasteiger partial charge in [0.05, 0.1) is 28.7 Å². The second kappa shape index (κ2) is 7.38. The van der Waals surface area contributed by atoms with Crippen LogP contribution in [-0.4, -0.2) is 32.6 Å². The van der Waals surface area contributed by atoms with Gasteiger partial charge in [0.2, 0.25) is 5.91 Å². The molecule has 0 spiro atoms. The molecule has 1 heterocycles. The lowest BCUT2D eigenvalue weighted by atomic mass is 10.2. The summed E-state index contributed by atoms with van der Waals surface area (Å²) in [5.41, 5.74) is -0.295. The van der Waals surface area contributed by atoms with E-state index in [1.54, 1.807) is 6.92 Å². The number of nitrogens with zero attached hydrogens (tertiary/aromatic N) is 4. The van der Waals surface area contributed by atoms with Crippen molar-refractivity contribution in [3.8, 4) is 5.75 Å². The lowest BCUT2D eigenvalue weighted by molar-refractivity contribution is -0.385. The number of non-ortho nitro benzene ring substituents is 1. The minimum atomic E-state index is -0.807. The maximum atomic E-state index is 12.5. The Morgan fingerprint density at radius 3 is 2.48 bits per heavy atom. The van der Waals surface area contributed by atoms with Crippen molar-refractivity contribution < 1.29 is 19.4 Å². The number of benzene rings is 1. The van der Waals surface area contributed by atoms with Gasteiger partial charge in [-0.25, -0.2) is 0 Å². The second-order valence-corrected chi connectivity index (χ2v) is 5.03. The van der Waals surface area contributed by atoms with E-state index in [2.05, 4.69) is 10.4 Å². The van der Waals surface area contributed by atoms with Gasteiger partial charge in [-0.15, -0.1) is 0 Å². The van der Waals surface area contributed by atoms with E-state index in [1.165, 1.54) is 30.0 Å².